The van der Waals surface area contributed by atoms with Crippen molar-refractivity contribution in [3.63, 3.8) is 0 Å². The number of hydrogen-bond donors (Lipinski definition) is 1. The largest absolute Gasteiger partial charge is 0.376 e. The van der Waals surface area contributed by atoms with Crippen LogP contribution in [-0.2, 0) is 4.74 Å². The summed E-state index contributed by atoms with van der Waals surface area (Å²) in [4.78, 5) is 2.29. The maximum absolute atomic E-state index is 5.72. The molecule has 1 aromatic rings. The minimum absolute atomic E-state index is 0.372. The van der Waals surface area contributed by atoms with E-state index in [1.807, 2.05) is 0 Å². The Hall–Kier alpha value is -0.580. The van der Waals surface area contributed by atoms with Gasteiger partial charge in [0.1, 0.15) is 0 Å². The van der Waals surface area contributed by atoms with Crippen LogP contribution in [0, 0.1) is 0 Å². The normalized spacial score (nSPS) is 19.7. The molecule has 0 amide bonds. The third-order valence-corrected chi connectivity index (χ3v) is 4.78. The Morgan fingerprint density at radius 3 is 2.90 bits per heavy atom. The molecule has 118 valence electrons. The van der Waals surface area contributed by atoms with Gasteiger partial charge in [-0.25, -0.2) is 0 Å². The summed E-state index contributed by atoms with van der Waals surface area (Å²) in [6.45, 7) is 7.34. The number of nitrogens with one attached hydrogen (secondary N) is 1. The molecular weight excluding hydrogens is 328 g/mol. The molecule has 21 heavy (non-hydrogen) atoms. The Bertz CT molecular complexity index is 446. The first kappa shape index (κ1) is 16.8. The monoisotopic (exact) mass is 354 g/mol. The molecule has 0 saturated carbocycles. The zero-order chi connectivity index (χ0) is 15.2. The summed E-state index contributed by atoms with van der Waals surface area (Å²) in [7, 11) is 2.14. The standard InChI is InChI=1S/C17H27BrN2O/c1-4-9-19-13(2)16-8-7-14(11-17(16)18)20(3)12-15-6-5-10-21-15/h7-8,11,13,15,19H,4-6,9-10,12H2,1-3H3. The van der Waals surface area contributed by atoms with Crippen LogP contribution in [0.2, 0.25) is 0 Å². The van der Waals surface area contributed by atoms with Crippen LogP contribution in [-0.4, -0.2) is 32.8 Å². The van der Waals surface area contributed by atoms with Gasteiger partial charge in [-0.3, -0.25) is 0 Å². The predicted octanol–water partition coefficient (Wildman–Crippen LogP) is 4.12. The van der Waals surface area contributed by atoms with Crippen LogP contribution in [0.4, 0.5) is 5.69 Å². The summed E-state index contributed by atoms with van der Waals surface area (Å²) in [5.41, 5.74) is 2.56. The highest BCUT2D eigenvalue weighted by Gasteiger charge is 2.18. The lowest BCUT2D eigenvalue weighted by Gasteiger charge is -2.24. The molecule has 2 rings (SSSR count). The second-order valence-corrected chi connectivity index (χ2v) is 6.75. The van der Waals surface area contributed by atoms with Crippen LogP contribution in [0.15, 0.2) is 22.7 Å². The van der Waals surface area contributed by atoms with E-state index in [1.165, 1.54) is 28.6 Å². The van der Waals surface area contributed by atoms with E-state index < -0.39 is 0 Å². The number of benzene rings is 1. The van der Waals surface area contributed by atoms with E-state index >= 15 is 0 Å². The maximum atomic E-state index is 5.72. The molecule has 1 saturated heterocycles. The van der Waals surface area contributed by atoms with Gasteiger partial charge >= 0.3 is 0 Å². The number of anilines is 1. The molecular formula is C17H27BrN2O. The average molecular weight is 355 g/mol. The first-order chi connectivity index (χ1) is 10.1. The topological polar surface area (TPSA) is 24.5 Å². The van der Waals surface area contributed by atoms with Crippen LogP contribution < -0.4 is 10.2 Å². The first-order valence-corrected chi connectivity index (χ1v) is 8.76. The van der Waals surface area contributed by atoms with Crippen LogP contribution >= 0.6 is 15.9 Å². The minimum Gasteiger partial charge on any atom is -0.376 e. The molecule has 1 aliphatic rings. The molecule has 1 aromatic carbocycles. The van der Waals surface area contributed by atoms with Crippen molar-refractivity contribution in [1.82, 2.24) is 5.32 Å². The van der Waals surface area contributed by atoms with E-state index in [4.69, 9.17) is 4.74 Å². The lowest BCUT2D eigenvalue weighted by Crippen LogP contribution is -2.28. The number of halogens is 1. The highest BCUT2D eigenvalue weighted by atomic mass is 79.9. The van der Waals surface area contributed by atoms with Crippen LogP contribution in [0.25, 0.3) is 0 Å². The predicted molar refractivity (Wildman–Crippen MR) is 93.1 cm³/mol. The van der Waals surface area contributed by atoms with Crippen molar-refractivity contribution < 1.29 is 4.74 Å². The van der Waals surface area contributed by atoms with Gasteiger partial charge in [0.2, 0.25) is 0 Å². The van der Waals surface area contributed by atoms with Gasteiger partial charge in [0.25, 0.3) is 0 Å². The van der Waals surface area contributed by atoms with Crippen molar-refractivity contribution in [3.05, 3.63) is 28.2 Å². The smallest absolute Gasteiger partial charge is 0.0750 e. The minimum atomic E-state index is 0.372. The molecule has 1 heterocycles. The third kappa shape index (κ3) is 4.70. The summed E-state index contributed by atoms with van der Waals surface area (Å²) < 4.78 is 6.89. The van der Waals surface area contributed by atoms with E-state index in [1.54, 1.807) is 0 Å². The number of ether oxygens (including phenoxy) is 1. The Morgan fingerprint density at radius 2 is 2.29 bits per heavy atom. The molecule has 2 unspecified atom stereocenters. The SMILES string of the molecule is CCCNC(C)c1ccc(N(C)CC2CCCO2)cc1Br. The zero-order valence-electron chi connectivity index (χ0n) is 13.4. The van der Waals surface area contributed by atoms with Gasteiger partial charge < -0.3 is 15.0 Å². The molecule has 0 aliphatic carbocycles. The van der Waals surface area contributed by atoms with Crippen molar-refractivity contribution in [2.75, 3.05) is 31.6 Å². The molecule has 3 nitrogen and oxygen atoms in total. The number of likely N-dealkylation sites (N-methyl/N-ethyl adjacent to an activating group) is 1. The quantitative estimate of drug-likeness (QED) is 0.796. The van der Waals surface area contributed by atoms with Crippen molar-refractivity contribution in [1.29, 1.82) is 0 Å². The van der Waals surface area contributed by atoms with Gasteiger partial charge in [0, 0.05) is 36.4 Å². The van der Waals surface area contributed by atoms with Crippen LogP contribution in [0.5, 0.6) is 0 Å². The number of nitrogens with zero attached hydrogens (tertiary/aromatic N) is 1. The average Bonchev–Trinajstić information content (AvgIpc) is 2.97. The van der Waals surface area contributed by atoms with Crippen molar-refractivity contribution in [2.24, 2.45) is 0 Å². The Kier molecular flexibility index (Phi) is 6.52. The van der Waals surface area contributed by atoms with Gasteiger partial charge in [-0.1, -0.05) is 28.9 Å². The summed E-state index contributed by atoms with van der Waals surface area (Å²) in [5, 5.41) is 3.53. The molecule has 2 atom stereocenters. The highest BCUT2D eigenvalue weighted by Crippen LogP contribution is 2.28. The lowest BCUT2D eigenvalue weighted by atomic mass is 10.1. The lowest BCUT2D eigenvalue weighted by molar-refractivity contribution is 0.116. The maximum Gasteiger partial charge on any atom is 0.0750 e. The fraction of sp³-hybridized carbons (Fsp3) is 0.647. The molecule has 0 bridgehead atoms. The van der Waals surface area contributed by atoms with Gasteiger partial charge in [-0.05, 0) is 50.4 Å². The van der Waals surface area contributed by atoms with Gasteiger partial charge in [0.05, 0.1) is 6.10 Å². The number of rotatable bonds is 7. The molecule has 1 fully saturated rings. The van der Waals surface area contributed by atoms with E-state index in [0.29, 0.717) is 12.1 Å². The Morgan fingerprint density at radius 1 is 1.48 bits per heavy atom. The summed E-state index contributed by atoms with van der Waals surface area (Å²) in [5.74, 6) is 0. The molecule has 0 radical (unpaired) electrons. The van der Waals surface area contributed by atoms with E-state index in [-0.39, 0.29) is 0 Å². The van der Waals surface area contributed by atoms with Gasteiger partial charge in [0.15, 0.2) is 0 Å². The molecule has 1 N–H and O–H groups in total. The van der Waals surface area contributed by atoms with Gasteiger partial charge in [-0.2, -0.15) is 0 Å². The van der Waals surface area contributed by atoms with E-state index in [2.05, 4.69) is 65.2 Å². The molecule has 1 aliphatic heterocycles. The summed E-state index contributed by atoms with van der Waals surface area (Å²) >= 11 is 3.72. The molecule has 4 heteroatoms. The summed E-state index contributed by atoms with van der Waals surface area (Å²) in [6, 6.07) is 7.02. The van der Waals surface area contributed by atoms with Crippen molar-refractivity contribution >= 4 is 21.6 Å². The first-order valence-electron chi connectivity index (χ1n) is 7.97. The van der Waals surface area contributed by atoms with Gasteiger partial charge in [-0.15, -0.1) is 0 Å². The fourth-order valence-corrected chi connectivity index (χ4v) is 3.48. The second kappa shape index (κ2) is 8.16. The Labute approximate surface area is 137 Å². The third-order valence-electron chi connectivity index (χ3n) is 4.09. The van der Waals surface area contributed by atoms with E-state index in [9.17, 15) is 0 Å². The summed E-state index contributed by atoms with van der Waals surface area (Å²) in [6.07, 6.45) is 3.92. The zero-order valence-corrected chi connectivity index (χ0v) is 14.9. The Balaban J connectivity index is 2.00. The van der Waals surface area contributed by atoms with Crippen LogP contribution in [0.3, 0.4) is 0 Å². The number of hydrogen-bond acceptors (Lipinski definition) is 3. The van der Waals surface area contributed by atoms with Crippen molar-refractivity contribution in [3.8, 4) is 0 Å². The van der Waals surface area contributed by atoms with Crippen LogP contribution in [0.1, 0.15) is 44.7 Å². The van der Waals surface area contributed by atoms with Crippen molar-refractivity contribution in [2.45, 2.75) is 45.3 Å². The molecule has 0 aromatic heterocycles. The molecule has 0 spiro atoms. The highest BCUT2D eigenvalue weighted by molar-refractivity contribution is 9.10. The fourth-order valence-electron chi connectivity index (χ4n) is 2.77. The van der Waals surface area contributed by atoms with E-state index in [0.717, 1.165) is 26.1 Å². The second-order valence-electron chi connectivity index (χ2n) is 5.90.